The van der Waals surface area contributed by atoms with Gasteiger partial charge in [-0.1, -0.05) is 29.8 Å². The van der Waals surface area contributed by atoms with Gasteiger partial charge in [0.25, 0.3) is 11.8 Å². The van der Waals surface area contributed by atoms with Gasteiger partial charge in [0.1, 0.15) is 11.4 Å². The summed E-state index contributed by atoms with van der Waals surface area (Å²) in [6.45, 7) is 4.19. The second kappa shape index (κ2) is 11.7. The predicted octanol–water partition coefficient (Wildman–Crippen LogP) is 3.68. The van der Waals surface area contributed by atoms with Crippen LogP contribution in [0.5, 0.6) is 5.75 Å². The van der Waals surface area contributed by atoms with Crippen molar-refractivity contribution in [3.63, 3.8) is 0 Å². The SMILES string of the molecule is COc1cc(N)c(Cl)cc1C(=O)NC[C@H]1CCN(CCCCNC(=O)c2cc3ccccc3n2C)C1. The quantitative estimate of drug-likeness (QED) is 0.285. The predicted molar refractivity (Wildman–Crippen MR) is 144 cm³/mol. The smallest absolute Gasteiger partial charge is 0.267 e. The lowest BCUT2D eigenvalue weighted by molar-refractivity contribution is 0.0935. The van der Waals surface area contributed by atoms with E-state index >= 15 is 0 Å². The topological polar surface area (TPSA) is 102 Å². The molecule has 4 N–H and O–H groups in total. The molecule has 1 fully saturated rings. The van der Waals surface area contributed by atoms with Crippen LogP contribution in [0, 0.1) is 5.92 Å². The summed E-state index contributed by atoms with van der Waals surface area (Å²) >= 11 is 6.08. The summed E-state index contributed by atoms with van der Waals surface area (Å²) in [6, 6.07) is 13.0. The number of hydrogen-bond donors (Lipinski definition) is 3. The molecular formula is C27H34ClN5O3. The number of nitrogens with zero attached hydrogens (tertiary/aromatic N) is 2. The molecule has 192 valence electrons. The van der Waals surface area contributed by atoms with Gasteiger partial charge in [0.2, 0.25) is 0 Å². The second-order valence-corrected chi connectivity index (χ2v) is 9.76. The molecule has 4 rings (SSSR count). The third kappa shape index (κ3) is 5.94. The van der Waals surface area contributed by atoms with Gasteiger partial charge in [-0.3, -0.25) is 9.59 Å². The van der Waals surface area contributed by atoms with Crippen LogP contribution >= 0.6 is 11.6 Å². The van der Waals surface area contributed by atoms with E-state index in [0.29, 0.717) is 46.7 Å². The first-order valence-electron chi connectivity index (χ1n) is 12.3. The van der Waals surface area contributed by atoms with Crippen molar-refractivity contribution in [1.82, 2.24) is 20.1 Å². The van der Waals surface area contributed by atoms with E-state index in [0.717, 1.165) is 49.8 Å². The fourth-order valence-electron chi connectivity index (χ4n) is 4.79. The zero-order chi connectivity index (χ0) is 25.7. The molecule has 8 nitrogen and oxygen atoms in total. The van der Waals surface area contributed by atoms with E-state index in [1.54, 1.807) is 12.1 Å². The van der Waals surface area contributed by atoms with Crippen LogP contribution < -0.4 is 21.1 Å². The molecule has 0 radical (unpaired) electrons. The molecule has 0 unspecified atom stereocenters. The largest absolute Gasteiger partial charge is 0.496 e. The first-order chi connectivity index (χ1) is 17.4. The van der Waals surface area contributed by atoms with Gasteiger partial charge >= 0.3 is 0 Å². The minimum Gasteiger partial charge on any atom is -0.496 e. The fourth-order valence-corrected chi connectivity index (χ4v) is 4.95. The van der Waals surface area contributed by atoms with E-state index in [1.807, 2.05) is 41.9 Å². The van der Waals surface area contributed by atoms with Crippen molar-refractivity contribution in [3.8, 4) is 5.75 Å². The highest BCUT2D eigenvalue weighted by atomic mass is 35.5. The molecule has 1 saturated heterocycles. The Morgan fingerprint density at radius 2 is 1.94 bits per heavy atom. The third-order valence-electron chi connectivity index (χ3n) is 6.86. The molecule has 2 heterocycles. The Bertz CT molecular complexity index is 1240. The Morgan fingerprint density at radius 3 is 2.72 bits per heavy atom. The third-order valence-corrected chi connectivity index (χ3v) is 7.18. The Labute approximate surface area is 216 Å². The monoisotopic (exact) mass is 511 g/mol. The Kier molecular flexibility index (Phi) is 8.38. The minimum atomic E-state index is -0.214. The first kappa shape index (κ1) is 25.9. The number of fused-ring (bicyclic) bond motifs is 1. The zero-order valence-electron chi connectivity index (χ0n) is 20.9. The summed E-state index contributed by atoms with van der Waals surface area (Å²) in [4.78, 5) is 27.7. The van der Waals surface area contributed by atoms with Crippen molar-refractivity contribution in [2.24, 2.45) is 13.0 Å². The molecule has 2 aromatic carbocycles. The minimum absolute atomic E-state index is 0.0373. The van der Waals surface area contributed by atoms with Crippen molar-refractivity contribution in [2.45, 2.75) is 19.3 Å². The highest BCUT2D eigenvalue weighted by Gasteiger charge is 2.23. The van der Waals surface area contributed by atoms with Gasteiger partial charge in [-0.25, -0.2) is 0 Å². The maximum Gasteiger partial charge on any atom is 0.267 e. The number of halogens is 1. The van der Waals surface area contributed by atoms with Crippen LogP contribution in [0.15, 0.2) is 42.5 Å². The van der Waals surface area contributed by atoms with Crippen molar-refractivity contribution >= 4 is 40.0 Å². The number of amides is 2. The van der Waals surface area contributed by atoms with Gasteiger partial charge in [-0.05, 0) is 56.5 Å². The van der Waals surface area contributed by atoms with Crippen molar-refractivity contribution in [1.29, 1.82) is 0 Å². The molecule has 1 aliphatic heterocycles. The number of aromatic nitrogens is 1. The number of unbranched alkanes of at least 4 members (excludes halogenated alkanes) is 1. The molecule has 3 aromatic rings. The Hall–Kier alpha value is -3.23. The number of carbonyl (C=O) groups excluding carboxylic acids is 2. The van der Waals surface area contributed by atoms with Gasteiger partial charge in [0.05, 0.1) is 23.4 Å². The molecule has 0 saturated carbocycles. The van der Waals surface area contributed by atoms with Crippen molar-refractivity contribution < 1.29 is 14.3 Å². The van der Waals surface area contributed by atoms with Crippen LogP contribution in [0.2, 0.25) is 5.02 Å². The summed E-state index contributed by atoms with van der Waals surface area (Å²) < 4.78 is 7.22. The number of carbonyl (C=O) groups is 2. The normalized spacial score (nSPS) is 15.8. The lowest BCUT2D eigenvalue weighted by atomic mass is 10.1. The van der Waals surface area contributed by atoms with Gasteiger partial charge in [-0.2, -0.15) is 0 Å². The number of likely N-dealkylation sites (tertiary alicyclic amines) is 1. The highest BCUT2D eigenvalue weighted by molar-refractivity contribution is 6.33. The molecule has 9 heteroatoms. The maximum absolute atomic E-state index is 12.7. The van der Waals surface area contributed by atoms with E-state index in [4.69, 9.17) is 22.1 Å². The zero-order valence-corrected chi connectivity index (χ0v) is 21.6. The number of hydrogen-bond acceptors (Lipinski definition) is 5. The number of benzene rings is 2. The molecule has 1 atom stereocenters. The molecular weight excluding hydrogens is 478 g/mol. The summed E-state index contributed by atoms with van der Waals surface area (Å²) in [5, 5.41) is 7.46. The average Bonchev–Trinajstić information content (AvgIpc) is 3.47. The highest BCUT2D eigenvalue weighted by Crippen LogP contribution is 2.29. The first-order valence-corrected chi connectivity index (χ1v) is 12.7. The number of aryl methyl sites for hydroxylation is 1. The molecule has 0 bridgehead atoms. The summed E-state index contributed by atoms with van der Waals surface area (Å²) in [7, 11) is 3.42. The summed E-state index contributed by atoms with van der Waals surface area (Å²) in [6.07, 6.45) is 2.97. The molecule has 0 spiro atoms. The van der Waals surface area contributed by atoms with E-state index in [1.165, 1.54) is 7.11 Å². The lowest BCUT2D eigenvalue weighted by Crippen LogP contribution is -2.31. The molecule has 1 aromatic heterocycles. The number of methoxy groups -OCH3 is 1. The lowest BCUT2D eigenvalue weighted by Gasteiger charge is -2.17. The van der Waals surface area contributed by atoms with Crippen LogP contribution in [0.4, 0.5) is 5.69 Å². The van der Waals surface area contributed by atoms with Crippen LogP contribution in [-0.2, 0) is 7.05 Å². The summed E-state index contributed by atoms with van der Waals surface area (Å²) in [5.74, 6) is 0.559. The van der Waals surface area contributed by atoms with Crippen LogP contribution in [0.1, 0.15) is 40.1 Å². The average molecular weight is 512 g/mol. The number of rotatable bonds is 10. The van der Waals surface area contributed by atoms with Crippen molar-refractivity contribution in [3.05, 3.63) is 58.7 Å². The standard InChI is InChI=1S/C27H34ClN5O3/c1-32-23-8-4-3-7-19(23)13-24(32)27(35)30-10-5-6-11-33-12-9-18(17-33)16-31-26(34)20-14-21(28)22(29)15-25(20)36-2/h3-4,7-8,13-15,18H,5-6,9-12,16-17,29H2,1-2H3,(H,30,35)(H,31,34)/t18-/m1/s1. The van der Waals surface area contributed by atoms with Gasteiger partial charge in [0.15, 0.2) is 0 Å². The van der Waals surface area contributed by atoms with E-state index < -0.39 is 0 Å². The number of nitrogens with two attached hydrogens (primary N) is 1. The number of nitrogen functional groups attached to an aromatic ring is 1. The molecule has 0 aliphatic carbocycles. The van der Waals surface area contributed by atoms with Gasteiger partial charge in [0, 0.05) is 43.7 Å². The maximum atomic E-state index is 12.7. The van der Waals surface area contributed by atoms with Crippen molar-refractivity contribution in [2.75, 3.05) is 45.6 Å². The number of para-hydroxylation sites is 1. The molecule has 36 heavy (non-hydrogen) atoms. The summed E-state index contributed by atoms with van der Waals surface area (Å²) in [5.41, 5.74) is 8.30. The molecule has 2 amide bonds. The van der Waals surface area contributed by atoms with Crippen LogP contribution in [0.25, 0.3) is 10.9 Å². The van der Waals surface area contributed by atoms with Crippen LogP contribution in [-0.4, -0.2) is 61.1 Å². The molecule has 1 aliphatic rings. The fraction of sp³-hybridized carbons (Fsp3) is 0.407. The number of ether oxygens (including phenoxy) is 1. The Balaban J connectivity index is 1.15. The van der Waals surface area contributed by atoms with E-state index in [2.05, 4.69) is 15.5 Å². The van der Waals surface area contributed by atoms with Gasteiger partial charge < -0.3 is 30.6 Å². The van der Waals surface area contributed by atoms with Crippen LogP contribution in [0.3, 0.4) is 0 Å². The van der Waals surface area contributed by atoms with E-state index in [9.17, 15) is 9.59 Å². The Morgan fingerprint density at radius 1 is 1.14 bits per heavy atom. The number of anilines is 1. The van der Waals surface area contributed by atoms with Gasteiger partial charge in [-0.15, -0.1) is 0 Å². The number of nitrogens with one attached hydrogen (secondary N) is 2. The van der Waals surface area contributed by atoms with E-state index in [-0.39, 0.29) is 11.8 Å². The second-order valence-electron chi connectivity index (χ2n) is 9.35.